The zero-order chi connectivity index (χ0) is 14.9. The molecule has 1 heterocycles. The molecule has 1 N–H and O–H groups in total. The van der Waals surface area contributed by atoms with Crippen molar-refractivity contribution in [3.8, 4) is 11.5 Å². The summed E-state index contributed by atoms with van der Waals surface area (Å²) in [5, 5.41) is 3.46. The highest BCUT2D eigenvalue weighted by Gasteiger charge is 2.12. The Labute approximate surface area is 127 Å². The van der Waals surface area contributed by atoms with Crippen LogP contribution in [0.1, 0.15) is 38.7 Å². The molecule has 0 amide bonds. The standard InChI is InChI=1S/C17H27NO3/c1-14(2)11-18-8-4-3-5-9-19-12-15-6-7-16-17(10-15)21-13-20-16/h6-7,10,14,18H,3-5,8-9,11-13H2,1-2H3. The number of rotatable bonds is 10. The van der Waals surface area contributed by atoms with Gasteiger partial charge in [-0.1, -0.05) is 19.9 Å². The van der Waals surface area contributed by atoms with Crippen LogP contribution in [-0.4, -0.2) is 26.5 Å². The maximum atomic E-state index is 5.71. The lowest BCUT2D eigenvalue weighted by atomic mass is 10.2. The molecule has 0 atom stereocenters. The number of benzene rings is 1. The van der Waals surface area contributed by atoms with Gasteiger partial charge in [0.2, 0.25) is 6.79 Å². The van der Waals surface area contributed by atoms with Crippen LogP contribution in [0.4, 0.5) is 0 Å². The van der Waals surface area contributed by atoms with Crippen molar-refractivity contribution in [1.82, 2.24) is 5.32 Å². The highest BCUT2D eigenvalue weighted by molar-refractivity contribution is 5.44. The Morgan fingerprint density at radius 2 is 2.00 bits per heavy atom. The van der Waals surface area contributed by atoms with Gasteiger partial charge >= 0.3 is 0 Å². The second-order valence-corrected chi connectivity index (χ2v) is 5.90. The zero-order valence-electron chi connectivity index (χ0n) is 13.2. The van der Waals surface area contributed by atoms with Crippen LogP contribution in [0.3, 0.4) is 0 Å². The molecule has 1 aliphatic heterocycles. The molecule has 1 aliphatic rings. The first kappa shape index (κ1) is 16.1. The lowest BCUT2D eigenvalue weighted by molar-refractivity contribution is 0.116. The first-order valence-corrected chi connectivity index (χ1v) is 7.92. The smallest absolute Gasteiger partial charge is 0.231 e. The maximum absolute atomic E-state index is 5.71. The molecule has 0 spiro atoms. The number of fused-ring (bicyclic) bond motifs is 1. The van der Waals surface area contributed by atoms with Gasteiger partial charge in [-0.2, -0.15) is 0 Å². The van der Waals surface area contributed by atoms with E-state index in [9.17, 15) is 0 Å². The Morgan fingerprint density at radius 1 is 1.14 bits per heavy atom. The van der Waals surface area contributed by atoms with Crippen LogP contribution in [0.2, 0.25) is 0 Å². The molecular formula is C17H27NO3. The summed E-state index contributed by atoms with van der Waals surface area (Å²) in [4.78, 5) is 0. The average molecular weight is 293 g/mol. The normalized spacial score (nSPS) is 13.1. The van der Waals surface area contributed by atoms with Gasteiger partial charge in [-0.3, -0.25) is 0 Å². The van der Waals surface area contributed by atoms with Crippen LogP contribution < -0.4 is 14.8 Å². The van der Waals surface area contributed by atoms with Crippen molar-refractivity contribution < 1.29 is 14.2 Å². The molecule has 118 valence electrons. The molecule has 0 unspecified atom stereocenters. The first-order chi connectivity index (χ1) is 10.3. The minimum absolute atomic E-state index is 0.324. The molecule has 0 saturated carbocycles. The van der Waals surface area contributed by atoms with Crippen molar-refractivity contribution >= 4 is 0 Å². The highest BCUT2D eigenvalue weighted by Crippen LogP contribution is 2.32. The van der Waals surface area contributed by atoms with Gasteiger partial charge in [0, 0.05) is 6.61 Å². The first-order valence-electron chi connectivity index (χ1n) is 7.92. The monoisotopic (exact) mass is 293 g/mol. The van der Waals surface area contributed by atoms with Crippen LogP contribution in [0.5, 0.6) is 11.5 Å². The van der Waals surface area contributed by atoms with E-state index >= 15 is 0 Å². The Bertz CT molecular complexity index is 420. The summed E-state index contributed by atoms with van der Waals surface area (Å²) in [6.45, 7) is 8.47. The molecule has 0 radical (unpaired) electrons. The van der Waals surface area contributed by atoms with E-state index in [0.29, 0.717) is 13.4 Å². The fourth-order valence-electron chi connectivity index (χ4n) is 2.24. The molecule has 0 aromatic heterocycles. The van der Waals surface area contributed by atoms with Crippen molar-refractivity contribution in [3.05, 3.63) is 23.8 Å². The number of ether oxygens (including phenoxy) is 3. The largest absolute Gasteiger partial charge is 0.454 e. The number of hydrogen-bond acceptors (Lipinski definition) is 4. The third-order valence-corrected chi connectivity index (χ3v) is 3.40. The van der Waals surface area contributed by atoms with E-state index < -0.39 is 0 Å². The van der Waals surface area contributed by atoms with Gasteiger partial charge in [0.05, 0.1) is 6.61 Å². The molecular weight excluding hydrogens is 266 g/mol. The fraction of sp³-hybridized carbons (Fsp3) is 0.647. The van der Waals surface area contributed by atoms with Crippen molar-refractivity contribution in [1.29, 1.82) is 0 Å². The average Bonchev–Trinajstić information content (AvgIpc) is 2.92. The second kappa shape index (κ2) is 8.90. The van der Waals surface area contributed by atoms with E-state index in [2.05, 4.69) is 19.2 Å². The fourth-order valence-corrected chi connectivity index (χ4v) is 2.24. The summed E-state index contributed by atoms with van der Waals surface area (Å²) in [6, 6.07) is 5.98. The van der Waals surface area contributed by atoms with E-state index in [1.54, 1.807) is 0 Å². The van der Waals surface area contributed by atoms with E-state index in [1.165, 1.54) is 12.8 Å². The van der Waals surface area contributed by atoms with Crippen molar-refractivity contribution in [2.75, 3.05) is 26.5 Å². The van der Waals surface area contributed by atoms with Crippen LogP contribution in [0.15, 0.2) is 18.2 Å². The molecule has 0 aliphatic carbocycles. The molecule has 1 aromatic carbocycles. The van der Waals surface area contributed by atoms with Crippen molar-refractivity contribution in [2.24, 2.45) is 5.92 Å². The number of hydrogen-bond donors (Lipinski definition) is 1. The van der Waals surface area contributed by atoms with E-state index in [1.807, 2.05) is 18.2 Å². The van der Waals surface area contributed by atoms with Crippen molar-refractivity contribution in [3.63, 3.8) is 0 Å². The van der Waals surface area contributed by atoms with Crippen LogP contribution >= 0.6 is 0 Å². The summed E-state index contributed by atoms with van der Waals surface area (Å²) in [5.74, 6) is 2.38. The van der Waals surface area contributed by atoms with Crippen molar-refractivity contribution in [2.45, 2.75) is 39.7 Å². The second-order valence-electron chi connectivity index (χ2n) is 5.90. The summed E-state index contributed by atoms with van der Waals surface area (Å²) in [7, 11) is 0. The van der Waals surface area contributed by atoms with Gasteiger partial charge in [-0.15, -0.1) is 0 Å². The Balaban J connectivity index is 1.48. The van der Waals surface area contributed by atoms with Gasteiger partial charge in [-0.05, 0) is 56.0 Å². The SMILES string of the molecule is CC(C)CNCCCCCOCc1ccc2c(c1)OCO2. The topological polar surface area (TPSA) is 39.7 Å². The highest BCUT2D eigenvalue weighted by atomic mass is 16.7. The molecule has 0 saturated heterocycles. The molecule has 4 nitrogen and oxygen atoms in total. The Morgan fingerprint density at radius 3 is 2.86 bits per heavy atom. The van der Waals surface area contributed by atoms with Crippen LogP contribution in [-0.2, 0) is 11.3 Å². The third kappa shape index (κ3) is 5.94. The summed E-state index contributed by atoms with van der Waals surface area (Å²) in [5.41, 5.74) is 1.14. The summed E-state index contributed by atoms with van der Waals surface area (Å²) in [6.07, 6.45) is 3.56. The predicted octanol–water partition coefficient (Wildman–Crippen LogP) is 3.35. The van der Waals surface area contributed by atoms with Crippen LogP contribution in [0, 0.1) is 5.92 Å². The van der Waals surface area contributed by atoms with Gasteiger partial charge < -0.3 is 19.5 Å². The lowest BCUT2D eigenvalue weighted by Gasteiger charge is -2.07. The van der Waals surface area contributed by atoms with Gasteiger partial charge in [-0.25, -0.2) is 0 Å². The number of nitrogens with one attached hydrogen (secondary N) is 1. The predicted molar refractivity (Wildman–Crippen MR) is 83.8 cm³/mol. The minimum Gasteiger partial charge on any atom is -0.454 e. The number of unbranched alkanes of at least 4 members (excludes halogenated alkanes) is 2. The van der Waals surface area contributed by atoms with Gasteiger partial charge in [0.15, 0.2) is 11.5 Å². The third-order valence-electron chi connectivity index (χ3n) is 3.40. The Hall–Kier alpha value is -1.26. The molecule has 4 heteroatoms. The summed E-state index contributed by atoms with van der Waals surface area (Å²) < 4.78 is 16.3. The zero-order valence-corrected chi connectivity index (χ0v) is 13.2. The lowest BCUT2D eigenvalue weighted by Crippen LogP contribution is -2.20. The van der Waals surface area contributed by atoms with Gasteiger partial charge in [0.1, 0.15) is 0 Å². The molecule has 0 fully saturated rings. The molecule has 21 heavy (non-hydrogen) atoms. The molecule has 2 rings (SSSR count). The maximum Gasteiger partial charge on any atom is 0.231 e. The van der Waals surface area contributed by atoms with E-state index in [-0.39, 0.29) is 0 Å². The van der Waals surface area contributed by atoms with E-state index in [4.69, 9.17) is 14.2 Å². The minimum atomic E-state index is 0.324. The summed E-state index contributed by atoms with van der Waals surface area (Å²) >= 11 is 0. The quantitative estimate of drug-likeness (QED) is 0.672. The Kier molecular flexibility index (Phi) is 6.83. The van der Waals surface area contributed by atoms with E-state index in [0.717, 1.165) is 49.1 Å². The van der Waals surface area contributed by atoms with Crippen LogP contribution in [0.25, 0.3) is 0 Å². The van der Waals surface area contributed by atoms with Gasteiger partial charge in [0.25, 0.3) is 0 Å². The molecule has 1 aromatic rings. The molecule has 0 bridgehead atoms.